The van der Waals surface area contributed by atoms with Crippen molar-refractivity contribution in [3.8, 4) is 0 Å². The quantitative estimate of drug-likeness (QED) is 0.235. The van der Waals surface area contributed by atoms with Crippen molar-refractivity contribution < 1.29 is 30.4 Å². The molecule has 0 spiro atoms. The van der Waals surface area contributed by atoms with Gasteiger partial charge in [-0.3, -0.25) is 0 Å². The summed E-state index contributed by atoms with van der Waals surface area (Å²) < 4.78 is 0. The fraction of sp³-hybridized carbons (Fsp3) is 1.00. The highest BCUT2D eigenvalue weighted by molar-refractivity contribution is 6.30. The van der Waals surface area contributed by atoms with E-state index in [4.69, 9.17) is 25.3 Å². The van der Waals surface area contributed by atoms with Gasteiger partial charge in [0, 0.05) is 13.1 Å². The highest BCUT2D eigenvalue weighted by Gasteiger charge is 2.17. The average molecular weight is 281 g/mol. The van der Waals surface area contributed by atoms with Crippen LogP contribution in [0.3, 0.4) is 0 Å². The Morgan fingerprint density at radius 1 is 1.00 bits per heavy atom. The van der Waals surface area contributed by atoms with Gasteiger partial charge in [-0.1, -0.05) is 19.8 Å². The topological polar surface area (TPSA) is 133 Å². The van der Waals surface area contributed by atoms with E-state index in [1.807, 2.05) is 0 Å². The standard InChI is InChI=1S/C7H14O.C4H11NO2.BH3O3/c1-6-4-2-3-5-7(6)8;6-3-1-5-2-4-7;2-1(3)4/h6-8H,2-5H2,1H3;5-7H,1-4H2;2-4H. The number of rotatable bonds is 4. The van der Waals surface area contributed by atoms with Crippen molar-refractivity contribution in [2.45, 2.75) is 38.7 Å². The Balaban J connectivity index is 0. The molecule has 2 unspecified atom stereocenters. The Labute approximate surface area is 115 Å². The molecule has 2 atom stereocenters. The summed E-state index contributed by atoms with van der Waals surface area (Å²) in [6.45, 7) is 3.55. The van der Waals surface area contributed by atoms with Gasteiger partial charge in [-0.15, -0.1) is 0 Å². The zero-order valence-electron chi connectivity index (χ0n) is 11.6. The van der Waals surface area contributed by atoms with Crippen LogP contribution < -0.4 is 5.32 Å². The Morgan fingerprint density at radius 2 is 1.42 bits per heavy atom. The first-order valence-electron chi connectivity index (χ1n) is 6.60. The van der Waals surface area contributed by atoms with Gasteiger partial charge in [0.1, 0.15) is 0 Å². The molecule has 0 aromatic rings. The lowest BCUT2D eigenvalue weighted by Crippen LogP contribution is -2.21. The van der Waals surface area contributed by atoms with E-state index >= 15 is 0 Å². The normalized spacial score (nSPS) is 21.6. The van der Waals surface area contributed by atoms with E-state index < -0.39 is 7.32 Å². The van der Waals surface area contributed by atoms with Gasteiger partial charge in [-0.05, 0) is 18.8 Å². The molecule has 0 bridgehead atoms. The molecule has 1 saturated carbocycles. The highest BCUT2D eigenvalue weighted by atomic mass is 16.5. The maximum Gasteiger partial charge on any atom is 0.631 e. The number of aliphatic hydroxyl groups is 3. The van der Waals surface area contributed by atoms with Crippen molar-refractivity contribution in [2.24, 2.45) is 5.92 Å². The maximum atomic E-state index is 9.18. The lowest BCUT2D eigenvalue weighted by Gasteiger charge is -2.23. The maximum absolute atomic E-state index is 9.18. The third-order valence-electron chi connectivity index (χ3n) is 2.64. The predicted molar refractivity (Wildman–Crippen MR) is 73.1 cm³/mol. The zero-order valence-corrected chi connectivity index (χ0v) is 11.6. The van der Waals surface area contributed by atoms with Crippen molar-refractivity contribution >= 4 is 7.32 Å². The molecule has 1 rings (SSSR count). The summed E-state index contributed by atoms with van der Waals surface area (Å²) in [4.78, 5) is 0. The second-order valence-corrected chi connectivity index (χ2v) is 4.37. The molecule has 1 fully saturated rings. The molecular formula is C11H28BNO6. The Bertz CT molecular complexity index is 159. The second-order valence-electron chi connectivity index (χ2n) is 4.37. The molecular weight excluding hydrogens is 253 g/mol. The van der Waals surface area contributed by atoms with E-state index in [1.54, 1.807) is 0 Å². The van der Waals surface area contributed by atoms with Crippen LogP contribution in [0.25, 0.3) is 0 Å². The third-order valence-corrected chi connectivity index (χ3v) is 2.64. The molecule has 7 nitrogen and oxygen atoms in total. The monoisotopic (exact) mass is 281 g/mol. The number of hydrogen-bond donors (Lipinski definition) is 7. The summed E-state index contributed by atoms with van der Waals surface area (Å²) in [5.41, 5.74) is 0. The number of aliphatic hydroxyl groups excluding tert-OH is 3. The van der Waals surface area contributed by atoms with Crippen molar-refractivity contribution in [3.63, 3.8) is 0 Å². The summed E-state index contributed by atoms with van der Waals surface area (Å²) in [6, 6.07) is 0. The smallest absolute Gasteiger partial charge is 0.402 e. The van der Waals surface area contributed by atoms with Crippen LogP contribution in [0.5, 0.6) is 0 Å². The van der Waals surface area contributed by atoms with Crippen LogP contribution in [0, 0.1) is 5.92 Å². The van der Waals surface area contributed by atoms with Crippen molar-refractivity contribution in [2.75, 3.05) is 26.3 Å². The predicted octanol–water partition coefficient (Wildman–Crippen LogP) is -1.93. The van der Waals surface area contributed by atoms with Crippen LogP contribution in [0.4, 0.5) is 0 Å². The molecule has 0 saturated heterocycles. The molecule has 7 N–H and O–H groups in total. The van der Waals surface area contributed by atoms with Crippen LogP contribution in [0.15, 0.2) is 0 Å². The summed E-state index contributed by atoms with van der Waals surface area (Å²) in [5, 5.41) is 49.8. The van der Waals surface area contributed by atoms with Gasteiger partial charge in [-0.25, -0.2) is 0 Å². The lowest BCUT2D eigenvalue weighted by molar-refractivity contribution is 0.0793. The highest BCUT2D eigenvalue weighted by Crippen LogP contribution is 2.22. The number of nitrogens with one attached hydrogen (secondary N) is 1. The second kappa shape index (κ2) is 15.8. The molecule has 116 valence electrons. The van der Waals surface area contributed by atoms with Crippen LogP contribution >= 0.6 is 0 Å². The molecule has 1 aliphatic rings. The van der Waals surface area contributed by atoms with Gasteiger partial charge in [0.2, 0.25) is 0 Å². The van der Waals surface area contributed by atoms with Gasteiger partial charge in [-0.2, -0.15) is 0 Å². The largest absolute Gasteiger partial charge is 0.631 e. The first kappa shape index (κ1) is 21.1. The van der Waals surface area contributed by atoms with Crippen LogP contribution in [-0.4, -0.2) is 70.1 Å². The van der Waals surface area contributed by atoms with Gasteiger partial charge < -0.3 is 35.7 Å². The Hall–Kier alpha value is -0.215. The molecule has 0 aromatic heterocycles. The average Bonchev–Trinajstić information content (AvgIpc) is 2.34. The Kier molecular flexibility index (Phi) is 17.6. The SMILES string of the molecule is CC1CCCCC1O.OB(O)O.OCCNCCO. The van der Waals surface area contributed by atoms with Gasteiger partial charge in [0.05, 0.1) is 19.3 Å². The first-order chi connectivity index (χ1) is 8.95. The van der Waals surface area contributed by atoms with E-state index in [1.165, 1.54) is 19.3 Å². The molecule has 0 amide bonds. The van der Waals surface area contributed by atoms with Crippen LogP contribution in [0.1, 0.15) is 32.6 Å². The summed E-state index contributed by atoms with van der Waals surface area (Å²) in [6.07, 6.45) is 4.80. The minimum absolute atomic E-state index is 0.00347. The van der Waals surface area contributed by atoms with E-state index in [0.29, 0.717) is 19.0 Å². The van der Waals surface area contributed by atoms with Crippen molar-refractivity contribution in [3.05, 3.63) is 0 Å². The van der Waals surface area contributed by atoms with Crippen LogP contribution in [0.2, 0.25) is 0 Å². The fourth-order valence-corrected chi connectivity index (χ4v) is 1.58. The fourth-order valence-electron chi connectivity index (χ4n) is 1.58. The molecule has 0 heterocycles. The molecule has 0 radical (unpaired) electrons. The number of hydrogen-bond acceptors (Lipinski definition) is 7. The molecule has 0 aromatic carbocycles. The molecule has 19 heavy (non-hydrogen) atoms. The summed E-state index contributed by atoms with van der Waals surface area (Å²) in [5.74, 6) is 0.559. The minimum Gasteiger partial charge on any atom is -0.402 e. The summed E-state index contributed by atoms with van der Waals surface area (Å²) in [7, 11) is -2.17. The molecule has 8 heteroatoms. The molecule has 0 aliphatic heterocycles. The van der Waals surface area contributed by atoms with Gasteiger partial charge in [0.25, 0.3) is 0 Å². The van der Waals surface area contributed by atoms with Crippen molar-refractivity contribution in [1.29, 1.82) is 0 Å². The first-order valence-corrected chi connectivity index (χ1v) is 6.60. The van der Waals surface area contributed by atoms with Gasteiger partial charge in [0.15, 0.2) is 0 Å². The van der Waals surface area contributed by atoms with E-state index in [-0.39, 0.29) is 19.3 Å². The van der Waals surface area contributed by atoms with Crippen molar-refractivity contribution in [1.82, 2.24) is 5.32 Å². The third kappa shape index (κ3) is 20.3. The minimum atomic E-state index is -2.17. The Morgan fingerprint density at radius 3 is 1.68 bits per heavy atom. The molecule has 1 aliphatic carbocycles. The lowest BCUT2D eigenvalue weighted by atomic mass is 9.88. The van der Waals surface area contributed by atoms with E-state index in [0.717, 1.165) is 6.42 Å². The van der Waals surface area contributed by atoms with E-state index in [9.17, 15) is 5.11 Å². The van der Waals surface area contributed by atoms with E-state index in [2.05, 4.69) is 12.2 Å². The van der Waals surface area contributed by atoms with Crippen LogP contribution in [-0.2, 0) is 0 Å². The van der Waals surface area contributed by atoms with Gasteiger partial charge >= 0.3 is 7.32 Å². The summed E-state index contributed by atoms with van der Waals surface area (Å²) >= 11 is 0. The zero-order chi connectivity index (χ0) is 15.1.